The maximum atomic E-state index is 13.2. The van der Waals surface area contributed by atoms with E-state index >= 15 is 0 Å². The number of methoxy groups -OCH3 is 1. The van der Waals surface area contributed by atoms with Crippen molar-refractivity contribution in [3.8, 4) is 22.7 Å². The van der Waals surface area contributed by atoms with Crippen LogP contribution in [0.4, 0.5) is 0 Å². The fourth-order valence-corrected chi connectivity index (χ4v) is 3.90. The average molecular weight is 411 g/mol. The molecule has 29 heavy (non-hydrogen) atoms. The molecule has 0 bridgehead atoms. The molecule has 3 aromatic rings. The maximum absolute atomic E-state index is 13.2. The minimum atomic E-state index is 0.0198. The highest BCUT2D eigenvalue weighted by atomic mass is 35.5. The number of halogens is 1. The van der Waals surface area contributed by atoms with Crippen molar-refractivity contribution in [1.29, 1.82) is 0 Å². The topological polar surface area (TPSA) is 43.7 Å². The van der Waals surface area contributed by atoms with Gasteiger partial charge in [-0.2, -0.15) is 0 Å². The van der Waals surface area contributed by atoms with Gasteiger partial charge in [-0.25, -0.2) is 0 Å². The van der Waals surface area contributed by atoms with E-state index in [-0.39, 0.29) is 5.91 Å². The molecule has 0 unspecified atom stereocenters. The highest BCUT2D eigenvalue weighted by Crippen LogP contribution is 2.33. The molecule has 1 amide bonds. The SMILES string of the molecule is COc1ccc(-c2cc(C(=O)N3CCOCC3)c(C)n2-c2ccccc2Cl)cc1. The number of para-hydroxylation sites is 1. The number of hydrogen-bond acceptors (Lipinski definition) is 3. The van der Waals surface area contributed by atoms with E-state index in [4.69, 9.17) is 21.1 Å². The number of carbonyl (C=O) groups is 1. The molecule has 1 saturated heterocycles. The molecule has 0 radical (unpaired) electrons. The summed E-state index contributed by atoms with van der Waals surface area (Å²) in [5.74, 6) is 0.803. The van der Waals surface area contributed by atoms with Crippen LogP contribution in [0.25, 0.3) is 16.9 Å². The maximum Gasteiger partial charge on any atom is 0.255 e. The van der Waals surface area contributed by atoms with Crippen molar-refractivity contribution in [3.63, 3.8) is 0 Å². The number of amides is 1. The average Bonchev–Trinajstić information content (AvgIpc) is 3.11. The standard InChI is InChI=1S/C23H23ClN2O3/c1-16-19(23(27)25-11-13-29-14-12-25)15-22(17-7-9-18(28-2)10-8-17)26(16)21-6-4-3-5-20(21)24/h3-10,15H,11-14H2,1-2H3. The fourth-order valence-electron chi connectivity index (χ4n) is 3.68. The Morgan fingerprint density at radius 1 is 1.07 bits per heavy atom. The molecule has 0 spiro atoms. The minimum absolute atomic E-state index is 0.0198. The Morgan fingerprint density at radius 2 is 1.76 bits per heavy atom. The van der Waals surface area contributed by atoms with Crippen molar-refractivity contribution in [1.82, 2.24) is 9.47 Å². The van der Waals surface area contributed by atoms with Crippen LogP contribution in [0.15, 0.2) is 54.6 Å². The van der Waals surface area contributed by atoms with E-state index < -0.39 is 0 Å². The van der Waals surface area contributed by atoms with E-state index in [9.17, 15) is 4.79 Å². The zero-order valence-electron chi connectivity index (χ0n) is 16.5. The van der Waals surface area contributed by atoms with E-state index in [1.807, 2.05) is 66.4 Å². The summed E-state index contributed by atoms with van der Waals surface area (Å²) < 4.78 is 12.7. The number of ether oxygens (including phenoxy) is 2. The van der Waals surface area contributed by atoms with Gasteiger partial charge >= 0.3 is 0 Å². The first-order valence-electron chi connectivity index (χ1n) is 9.59. The first kappa shape index (κ1) is 19.6. The van der Waals surface area contributed by atoms with Crippen molar-refractivity contribution in [3.05, 3.63) is 70.9 Å². The van der Waals surface area contributed by atoms with E-state index in [1.54, 1.807) is 7.11 Å². The number of carbonyl (C=O) groups excluding carboxylic acids is 1. The van der Waals surface area contributed by atoms with Crippen LogP contribution in [-0.2, 0) is 4.74 Å². The molecule has 0 aliphatic carbocycles. The number of morpholine rings is 1. The normalized spacial score (nSPS) is 14.1. The van der Waals surface area contributed by atoms with Crippen molar-refractivity contribution < 1.29 is 14.3 Å². The third-order valence-corrected chi connectivity index (χ3v) is 5.57. The molecule has 1 aliphatic rings. The van der Waals surface area contributed by atoms with Crippen LogP contribution in [0.3, 0.4) is 0 Å². The van der Waals surface area contributed by atoms with Gasteiger partial charge in [0.1, 0.15) is 5.75 Å². The van der Waals surface area contributed by atoms with Gasteiger partial charge in [0.2, 0.25) is 0 Å². The van der Waals surface area contributed by atoms with E-state index in [0.717, 1.165) is 28.4 Å². The molecular formula is C23H23ClN2O3. The van der Waals surface area contributed by atoms with Gasteiger partial charge in [-0.15, -0.1) is 0 Å². The fraction of sp³-hybridized carbons (Fsp3) is 0.261. The summed E-state index contributed by atoms with van der Waals surface area (Å²) >= 11 is 6.52. The van der Waals surface area contributed by atoms with Crippen LogP contribution in [0.5, 0.6) is 5.75 Å². The van der Waals surface area contributed by atoms with Crippen LogP contribution < -0.4 is 4.74 Å². The van der Waals surface area contributed by atoms with E-state index in [1.165, 1.54) is 0 Å². The lowest BCUT2D eigenvalue weighted by Crippen LogP contribution is -2.40. The molecule has 6 heteroatoms. The number of aromatic nitrogens is 1. The highest BCUT2D eigenvalue weighted by Gasteiger charge is 2.25. The molecule has 0 N–H and O–H groups in total. The van der Waals surface area contributed by atoms with Crippen LogP contribution in [0.2, 0.25) is 5.02 Å². The molecule has 1 aliphatic heterocycles. The molecule has 5 nitrogen and oxygen atoms in total. The highest BCUT2D eigenvalue weighted by molar-refractivity contribution is 6.32. The van der Waals surface area contributed by atoms with Gasteiger partial charge in [-0.05, 0) is 55.0 Å². The van der Waals surface area contributed by atoms with Gasteiger partial charge < -0.3 is 18.9 Å². The molecule has 4 rings (SSSR count). The van der Waals surface area contributed by atoms with E-state index in [0.29, 0.717) is 36.9 Å². The van der Waals surface area contributed by atoms with Crippen molar-refractivity contribution in [2.45, 2.75) is 6.92 Å². The summed E-state index contributed by atoms with van der Waals surface area (Å²) in [7, 11) is 1.64. The summed E-state index contributed by atoms with van der Waals surface area (Å²) in [6.07, 6.45) is 0. The first-order valence-corrected chi connectivity index (χ1v) is 9.96. The molecule has 2 aromatic carbocycles. The lowest BCUT2D eigenvalue weighted by atomic mass is 10.1. The molecule has 2 heterocycles. The minimum Gasteiger partial charge on any atom is -0.497 e. The summed E-state index contributed by atoms with van der Waals surface area (Å²) in [5.41, 5.74) is 4.28. The summed E-state index contributed by atoms with van der Waals surface area (Å²) in [4.78, 5) is 15.1. The number of benzene rings is 2. The predicted molar refractivity (Wildman–Crippen MR) is 114 cm³/mol. The molecule has 1 aromatic heterocycles. The van der Waals surface area contributed by atoms with Crippen molar-refractivity contribution >= 4 is 17.5 Å². The van der Waals surface area contributed by atoms with Gasteiger partial charge in [0, 0.05) is 18.8 Å². The molecular weight excluding hydrogens is 388 g/mol. The van der Waals surface area contributed by atoms with Gasteiger partial charge in [-0.1, -0.05) is 23.7 Å². The Hall–Kier alpha value is -2.76. The second-order valence-corrected chi connectivity index (χ2v) is 7.36. The largest absolute Gasteiger partial charge is 0.497 e. The van der Waals surface area contributed by atoms with Crippen LogP contribution in [0.1, 0.15) is 16.1 Å². The smallest absolute Gasteiger partial charge is 0.255 e. The molecule has 0 atom stereocenters. The van der Waals surface area contributed by atoms with Gasteiger partial charge in [0.25, 0.3) is 5.91 Å². The number of hydrogen-bond donors (Lipinski definition) is 0. The Morgan fingerprint density at radius 3 is 2.41 bits per heavy atom. The zero-order valence-corrected chi connectivity index (χ0v) is 17.3. The zero-order chi connectivity index (χ0) is 20.4. The molecule has 150 valence electrons. The number of nitrogens with zero attached hydrogens (tertiary/aromatic N) is 2. The third-order valence-electron chi connectivity index (χ3n) is 5.26. The van der Waals surface area contributed by atoms with Crippen LogP contribution in [0, 0.1) is 6.92 Å². The van der Waals surface area contributed by atoms with E-state index in [2.05, 4.69) is 4.57 Å². The van der Waals surface area contributed by atoms with Crippen molar-refractivity contribution in [2.75, 3.05) is 33.4 Å². The van der Waals surface area contributed by atoms with Crippen LogP contribution >= 0.6 is 11.6 Å². The first-order chi connectivity index (χ1) is 14.1. The Balaban J connectivity index is 1.86. The third kappa shape index (κ3) is 3.76. The summed E-state index contributed by atoms with van der Waals surface area (Å²) in [5, 5.41) is 0.631. The molecule has 1 fully saturated rings. The van der Waals surface area contributed by atoms with Gasteiger partial charge in [0.15, 0.2) is 0 Å². The van der Waals surface area contributed by atoms with Gasteiger partial charge in [-0.3, -0.25) is 4.79 Å². The quantitative estimate of drug-likeness (QED) is 0.632. The molecule has 0 saturated carbocycles. The Kier molecular flexibility index (Phi) is 5.60. The van der Waals surface area contributed by atoms with Crippen LogP contribution in [-0.4, -0.2) is 48.8 Å². The second-order valence-electron chi connectivity index (χ2n) is 6.95. The Labute approximate surface area is 175 Å². The van der Waals surface area contributed by atoms with Gasteiger partial charge in [0.05, 0.1) is 42.3 Å². The number of rotatable bonds is 4. The monoisotopic (exact) mass is 410 g/mol. The second kappa shape index (κ2) is 8.31. The van der Waals surface area contributed by atoms with Crippen molar-refractivity contribution in [2.24, 2.45) is 0 Å². The summed E-state index contributed by atoms with van der Waals surface area (Å²) in [6.45, 7) is 4.31. The lowest BCUT2D eigenvalue weighted by molar-refractivity contribution is 0.0302. The lowest BCUT2D eigenvalue weighted by Gasteiger charge is -2.26. The Bertz CT molecular complexity index is 1020. The summed E-state index contributed by atoms with van der Waals surface area (Å²) in [6, 6.07) is 17.4. The predicted octanol–water partition coefficient (Wildman–Crippen LogP) is 4.59.